The highest BCUT2D eigenvalue weighted by atomic mass is 19.4. The molecule has 1 atom stereocenters. The second kappa shape index (κ2) is 8.33. The van der Waals surface area contributed by atoms with Crippen LogP contribution in [0.1, 0.15) is 39.4 Å². The van der Waals surface area contributed by atoms with Crippen molar-refractivity contribution >= 4 is 17.5 Å². The fourth-order valence-corrected chi connectivity index (χ4v) is 4.21. The van der Waals surface area contributed by atoms with E-state index in [9.17, 15) is 22.8 Å². The monoisotopic (exact) mass is 483 g/mol. The molecule has 3 heterocycles. The van der Waals surface area contributed by atoms with E-state index in [-0.39, 0.29) is 30.0 Å². The number of aromatic nitrogens is 1. The molecule has 35 heavy (non-hydrogen) atoms. The Morgan fingerprint density at radius 2 is 1.91 bits per heavy atom. The molecule has 0 spiro atoms. The first-order chi connectivity index (χ1) is 16.7. The number of hydrogen-bond donors (Lipinski definition) is 1. The van der Waals surface area contributed by atoms with Gasteiger partial charge < -0.3 is 14.7 Å². The van der Waals surface area contributed by atoms with E-state index in [0.29, 0.717) is 23.4 Å². The standard InChI is InChI=1S/C24H20F3N5O3/c1-32-20-10-8-16(23(30-31-23)24(25,26)27)12-15(20)7-9-18(22(32)34)28-21(33)19-13-17(35-29-19)11-14-5-3-2-4-6-14/h2-6,8,10,12-13,18H,7,9,11H2,1H3,(H,28,33)/t18-/m0/s1. The molecule has 0 aliphatic carbocycles. The van der Waals surface area contributed by atoms with Crippen LogP contribution in [0, 0.1) is 0 Å². The third-order valence-electron chi connectivity index (χ3n) is 6.19. The van der Waals surface area contributed by atoms with E-state index >= 15 is 0 Å². The fourth-order valence-electron chi connectivity index (χ4n) is 4.21. The highest BCUT2D eigenvalue weighted by Crippen LogP contribution is 2.53. The molecule has 2 aliphatic rings. The minimum Gasteiger partial charge on any atom is -0.360 e. The van der Waals surface area contributed by atoms with Gasteiger partial charge in [0.1, 0.15) is 11.8 Å². The van der Waals surface area contributed by atoms with Gasteiger partial charge in [0.15, 0.2) is 5.69 Å². The van der Waals surface area contributed by atoms with Crippen molar-refractivity contribution in [1.29, 1.82) is 0 Å². The Labute approximate surface area is 197 Å². The Kier molecular flexibility index (Phi) is 5.42. The first-order valence-electron chi connectivity index (χ1n) is 10.9. The average Bonchev–Trinajstić information content (AvgIpc) is 3.56. The highest BCUT2D eigenvalue weighted by molar-refractivity contribution is 6.02. The van der Waals surface area contributed by atoms with Crippen LogP contribution in [-0.4, -0.2) is 36.2 Å². The second-order valence-electron chi connectivity index (χ2n) is 8.52. The number of nitrogens with zero attached hydrogens (tertiary/aromatic N) is 4. The van der Waals surface area contributed by atoms with E-state index in [1.807, 2.05) is 30.3 Å². The lowest BCUT2D eigenvalue weighted by Gasteiger charge is -2.22. The van der Waals surface area contributed by atoms with Gasteiger partial charge in [-0.25, -0.2) is 0 Å². The summed E-state index contributed by atoms with van der Waals surface area (Å²) in [6.07, 6.45) is -3.70. The Bertz CT molecular complexity index is 1310. The zero-order valence-electron chi connectivity index (χ0n) is 18.5. The summed E-state index contributed by atoms with van der Waals surface area (Å²) in [5, 5.41) is 13.0. The normalized spacial score (nSPS) is 18.7. The van der Waals surface area contributed by atoms with Gasteiger partial charge in [-0.15, -0.1) is 10.2 Å². The van der Waals surface area contributed by atoms with Crippen LogP contribution in [-0.2, 0) is 23.3 Å². The average molecular weight is 483 g/mol. The fraction of sp³-hybridized carbons (Fsp3) is 0.292. The molecule has 2 aliphatic heterocycles. The molecule has 1 N–H and O–H groups in total. The summed E-state index contributed by atoms with van der Waals surface area (Å²) in [5.74, 6) is -0.456. The van der Waals surface area contributed by atoms with Crippen LogP contribution >= 0.6 is 0 Å². The number of anilines is 1. The molecule has 180 valence electrons. The summed E-state index contributed by atoms with van der Waals surface area (Å²) in [4.78, 5) is 27.1. The van der Waals surface area contributed by atoms with Crippen LogP contribution < -0.4 is 10.2 Å². The van der Waals surface area contributed by atoms with Crippen molar-refractivity contribution < 1.29 is 27.3 Å². The molecule has 0 bridgehead atoms. The van der Waals surface area contributed by atoms with E-state index in [0.717, 1.165) is 5.56 Å². The van der Waals surface area contributed by atoms with E-state index in [4.69, 9.17) is 4.52 Å². The number of hydrogen-bond acceptors (Lipinski definition) is 6. The number of likely N-dealkylation sites (N-methyl/N-ethyl adjacent to an activating group) is 1. The molecule has 5 rings (SSSR count). The molecule has 0 fully saturated rings. The second-order valence-corrected chi connectivity index (χ2v) is 8.52. The van der Waals surface area contributed by atoms with Crippen molar-refractivity contribution in [3.63, 3.8) is 0 Å². The Balaban J connectivity index is 1.30. The largest absolute Gasteiger partial charge is 0.442 e. The number of alkyl halides is 3. The van der Waals surface area contributed by atoms with Gasteiger partial charge in [0.05, 0.1) is 0 Å². The van der Waals surface area contributed by atoms with Crippen molar-refractivity contribution in [3.8, 4) is 0 Å². The topological polar surface area (TPSA) is 100 Å². The molecule has 2 aromatic carbocycles. The molecule has 11 heteroatoms. The third kappa shape index (κ3) is 4.17. The van der Waals surface area contributed by atoms with Crippen molar-refractivity contribution in [2.24, 2.45) is 10.2 Å². The number of carbonyl (C=O) groups is 2. The number of nitrogens with one attached hydrogen (secondary N) is 1. The maximum absolute atomic E-state index is 13.4. The van der Waals surface area contributed by atoms with E-state index < -0.39 is 23.8 Å². The van der Waals surface area contributed by atoms with Crippen molar-refractivity contribution in [2.45, 2.75) is 37.1 Å². The Morgan fingerprint density at radius 3 is 2.60 bits per heavy atom. The molecule has 0 saturated carbocycles. The van der Waals surface area contributed by atoms with Crippen LogP contribution in [0.4, 0.5) is 18.9 Å². The number of benzene rings is 2. The number of carbonyl (C=O) groups excluding carboxylic acids is 2. The molecular weight excluding hydrogens is 463 g/mol. The predicted octanol–water partition coefficient (Wildman–Crippen LogP) is 4.15. The summed E-state index contributed by atoms with van der Waals surface area (Å²) in [5.41, 5.74) is -0.579. The Morgan fingerprint density at radius 1 is 1.17 bits per heavy atom. The van der Waals surface area contributed by atoms with E-state index in [1.165, 1.54) is 36.2 Å². The first-order valence-corrected chi connectivity index (χ1v) is 10.9. The summed E-state index contributed by atoms with van der Waals surface area (Å²) < 4.78 is 45.5. The zero-order valence-corrected chi connectivity index (χ0v) is 18.5. The maximum atomic E-state index is 13.4. The number of aryl methyl sites for hydroxylation is 1. The molecular formula is C24H20F3N5O3. The molecule has 3 aromatic rings. The molecule has 1 aromatic heterocycles. The van der Waals surface area contributed by atoms with Gasteiger partial charge in [-0.2, -0.15) is 13.2 Å². The van der Waals surface area contributed by atoms with E-state index in [1.54, 1.807) is 0 Å². The van der Waals surface area contributed by atoms with Crippen LogP contribution in [0.15, 0.2) is 69.3 Å². The smallest absolute Gasteiger partial charge is 0.360 e. The zero-order chi connectivity index (χ0) is 24.8. The first kappa shape index (κ1) is 22.8. The number of amides is 2. The maximum Gasteiger partial charge on any atom is 0.442 e. The number of halogens is 3. The molecule has 8 nitrogen and oxygen atoms in total. The summed E-state index contributed by atoms with van der Waals surface area (Å²) in [6, 6.07) is 14.3. The minimum atomic E-state index is -4.64. The van der Waals surface area contributed by atoms with Crippen LogP contribution in [0.2, 0.25) is 0 Å². The van der Waals surface area contributed by atoms with Crippen LogP contribution in [0.5, 0.6) is 0 Å². The lowest BCUT2D eigenvalue weighted by molar-refractivity contribution is -0.166. The third-order valence-corrected chi connectivity index (χ3v) is 6.19. The van der Waals surface area contributed by atoms with Gasteiger partial charge in [-0.3, -0.25) is 9.59 Å². The molecule has 0 saturated heterocycles. The SMILES string of the molecule is CN1C(=O)[C@@H](NC(=O)c2cc(Cc3ccccc3)on2)CCc2cc(C3(C(F)(F)F)N=N3)ccc21. The van der Waals surface area contributed by atoms with Crippen molar-refractivity contribution in [2.75, 3.05) is 11.9 Å². The number of rotatable bonds is 5. The van der Waals surface area contributed by atoms with Gasteiger partial charge in [-0.05, 0) is 36.1 Å². The Hall–Kier alpha value is -4.02. The van der Waals surface area contributed by atoms with Crippen molar-refractivity contribution in [3.05, 3.63) is 82.7 Å². The summed E-state index contributed by atoms with van der Waals surface area (Å²) >= 11 is 0. The van der Waals surface area contributed by atoms with Gasteiger partial charge >= 0.3 is 11.8 Å². The number of fused-ring (bicyclic) bond motifs is 1. The van der Waals surface area contributed by atoms with Gasteiger partial charge in [0, 0.05) is 30.8 Å². The highest BCUT2D eigenvalue weighted by Gasteiger charge is 2.65. The summed E-state index contributed by atoms with van der Waals surface area (Å²) in [7, 11) is 1.52. The minimum absolute atomic E-state index is 0.0412. The lowest BCUT2D eigenvalue weighted by atomic mass is 9.97. The van der Waals surface area contributed by atoms with Crippen molar-refractivity contribution in [1.82, 2.24) is 10.5 Å². The van der Waals surface area contributed by atoms with E-state index in [2.05, 4.69) is 20.7 Å². The van der Waals surface area contributed by atoms with Gasteiger partial charge in [0.25, 0.3) is 5.91 Å². The van der Waals surface area contributed by atoms with Crippen LogP contribution in [0.25, 0.3) is 0 Å². The van der Waals surface area contributed by atoms with Gasteiger partial charge in [-0.1, -0.05) is 41.6 Å². The molecule has 0 unspecified atom stereocenters. The quantitative estimate of drug-likeness (QED) is 0.589. The molecule has 0 radical (unpaired) electrons. The van der Waals surface area contributed by atoms with Gasteiger partial charge in [0.2, 0.25) is 5.91 Å². The molecule has 2 amide bonds. The predicted molar refractivity (Wildman–Crippen MR) is 118 cm³/mol. The summed E-state index contributed by atoms with van der Waals surface area (Å²) in [6.45, 7) is 0. The van der Waals surface area contributed by atoms with Crippen LogP contribution in [0.3, 0.4) is 0 Å². The lowest BCUT2D eigenvalue weighted by Crippen LogP contribution is -2.46.